The summed E-state index contributed by atoms with van der Waals surface area (Å²) in [6.07, 6.45) is -0.199. The molecule has 0 spiro atoms. The van der Waals surface area contributed by atoms with Crippen molar-refractivity contribution < 1.29 is 14.2 Å². The minimum absolute atomic E-state index is 0.567. The number of hydrogen-bond donors (Lipinski definition) is 1. The third-order valence-corrected chi connectivity index (χ3v) is 2.25. The first-order valence-electron chi connectivity index (χ1n) is 4.31. The molecule has 0 saturated heterocycles. The monoisotopic (exact) mass is 182 g/mol. The van der Waals surface area contributed by atoms with Gasteiger partial charge in [-0.2, -0.15) is 0 Å². The summed E-state index contributed by atoms with van der Waals surface area (Å²) in [4.78, 5) is 0. The molecule has 70 valence electrons. The average molecular weight is 182 g/mol. The van der Waals surface area contributed by atoms with Gasteiger partial charge >= 0.3 is 0 Å². The zero-order valence-electron chi connectivity index (χ0n) is 7.16. The van der Waals surface area contributed by atoms with Gasteiger partial charge in [0.2, 0.25) is 0 Å². The van der Waals surface area contributed by atoms with E-state index in [4.69, 9.17) is 4.74 Å². The molecule has 1 aliphatic heterocycles. The number of benzene rings is 1. The maximum absolute atomic E-state index is 12.2. The lowest BCUT2D eigenvalue weighted by atomic mass is 10.0. The second-order valence-electron chi connectivity index (χ2n) is 3.10. The largest absolute Gasteiger partial charge is 0.493 e. The molecule has 1 heterocycles. The van der Waals surface area contributed by atoms with Crippen molar-refractivity contribution in [1.82, 2.24) is 0 Å². The molecule has 1 aromatic carbocycles. The van der Waals surface area contributed by atoms with Crippen molar-refractivity contribution in [3.8, 4) is 5.75 Å². The summed E-state index contributed by atoms with van der Waals surface area (Å²) in [5.74, 6) is 0.674. The molecular formula is C10H11FO2. The van der Waals surface area contributed by atoms with Gasteiger partial charge in [-0.1, -0.05) is 18.2 Å². The summed E-state index contributed by atoms with van der Waals surface area (Å²) < 4.78 is 17.6. The second-order valence-corrected chi connectivity index (χ2v) is 3.10. The molecule has 1 atom stereocenters. The van der Waals surface area contributed by atoms with Crippen molar-refractivity contribution in [2.45, 2.75) is 12.5 Å². The molecule has 0 aliphatic carbocycles. The van der Waals surface area contributed by atoms with Crippen LogP contribution in [0.4, 0.5) is 4.39 Å². The van der Waals surface area contributed by atoms with Gasteiger partial charge in [0.1, 0.15) is 18.5 Å². The van der Waals surface area contributed by atoms with Crippen LogP contribution in [-0.4, -0.2) is 18.4 Å². The van der Waals surface area contributed by atoms with Crippen LogP contribution in [0.25, 0.3) is 0 Å². The molecule has 13 heavy (non-hydrogen) atoms. The molecule has 0 amide bonds. The molecule has 1 aromatic rings. The van der Waals surface area contributed by atoms with Gasteiger partial charge in [0, 0.05) is 12.0 Å². The predicted octanol–water partition coefficient (Wildman–Crippen LogP) is 1.62. The Balaban J connectivity index is 2.41. The van der Waals surface area contributed by atoms with Crippen molar-refractivity contribution in [3.63, 3.8) is 0 Å². The highest BCUT2D eigenvalue weighted by Gasteiger charge is 2.20. The number of hydrogen-bond acceptors (Lipinski definition) is 2. The number of para-hydroxylation sites is 1. The molecule has 0 aromatic heterocycles. The molecule has 3 heteroatoms. The number of fused-ring (bicyclic) bond motifs is 1. The maximum Gasteiger partial charge on any atom is 0.128 e. The summed E-state index contributed by atoms with van der Waals surface area (Å²) in [5.41, 5.74) is 1.63. The Morgan fingerprint density at radius 2 is 2.38 bits per heavy atom. The molecular weight excluding hydrogens is 171 g/mol. The zero-order chi connectivity index (χ0) is 9.26. The van der Waals surface area contributed by atoms with E-state index in [2.05, 4.69) is 0 Å². The molecule has 0 saturated carbocycles. The Morgan fingerprint density at radius 3 is 3.15 bits per heavy atom. The van der Waals surface area contributed by atoms with E-state index in [1.54, 1.807) is 6.07 Å². The van der Waals surface area contributed by atoms with Gasteiger partial charge in [-0.15, -0.1) is 0 Å². The summed E-state index contributed by atoms with van der Waals surface area (Å²) >= 11 is 0. The summed E-state index contributed by atoms with van der Waals surface area (Å²) in [7, 11) is 0. The van der Waals surface area contributed by atoms with Crippen LogP contribution >= 0.6 is 0 Å². The standard InChI is InChI=1S/C10H11FO2/c11-6-9(12)8-3-1-2-7-4-5-13-10(7)8/h1-3,9,12H,4-6H2. The van der Waals surface area contributed by atoms with Crippen LogP contribution in [0.2, 0.25) is 0 Å². The van der Waals surface area contributed by atoms with Crippen LogP contribution in [0.15, 0.2) is 18.2 Å². The van der Waals surface area contributed by atoms with E-state index >= 15 is 0 Å². The first-order valence-corrected chi connectivity index (χ1v) is 4.31. The van der Waals surface area contributed by atoms with E-state index < -0.39 is 12.8 Å². The van der Waals surface area contributed by atoms with Crippen LogP contribution in [-0.2, 0) is 6.42 Å². The Hall–Kier alpha value is -1.09. The van der Waals surface area contributed by atoms with Gasteiger partial charge in [0.05, 0.1) is 6.61 Å². The highest BCUT2D eigenvalue weighted by atomic mass is 19.1. The van der Waals surface area contributed by atoms with Gasteiger partial charge in [0.25, 0.3) is 0 Å². The first kappa shape index (κ1) is 8.51. The molecule has 0 bridgehead atoms. The second kappa shape index (κ2) is 3.34. The van der Waals surface area contributed by atoms with E-state index in [1.165, 1.54) is 0 Å². The SMILES string of the molecule is OC(CF)c1cccc2c1OCC2. The smallest absolute Gasteiger partial charge is 0.128 e. The van der Waals surface area contributed by atoms with Gasteiger partial charge in [-0.3, -0.25) is 0 Å². The summed E-state index contributed by atoms with van der Waals surface area (Å²) in [6, 6.07) is 5.47. The van der Waals surface area contributed by atoms with E-state index in [-0.39, 0.29) is 0 Å². The third-order valence-electron chi connectivity index (χ3n) is 2.25. The van der Waals surface area contributed by atoms with E-state index in [9.17, 15) is 9.50 Å². The van der Waals surface area contributed by atoms with Crippen molar-refractivity contribution in [1.29, 1.82) is 0 Å². The molecule has 1 aliphatic rings. The first-order chi connectivity index (χ1) is 6.33. The molecule has 1 unspecified atom stereocenters. The highest BCUT2D eigenvalue weighted by molar-refractivity contribution is 5.45. The van der Waals surface area contributed by atoms with Crippen molar-refractivity contribution >= 4 is 0 Å². The number of halogens is 1. The number of aliphatic hydroxyl groups excluding tert-OH is 1. The zero-order valence-corrected chi connectivity index (χ0v) is 7.16. The van der Waals surface area contributed by atoms with E-state index in [1.807, 2.05) is 12.1 Å². The molecule has 0 radical (unpaired) electrons. The lowest BCUT2D eigenvalue weighted by molar-refractivity contribution is 0.138. The third kappa shape index (κ3) is 1.40. The van der Waals surface area contributed by atoms with Gasteiger partial charge in [-0.25, -0.2) is 4.39 Å². The fourth-order valence-electron chi connectivity index (χ4n) is 1.59. The number of ether oxygens (including phenoxy) is 1. The minimum atomic E-state index is -1.05. The fourth-order valence-corrected chi connectivity index (χ4v) is 1.59. The van der Waals surface area contributed by atoms with Crippen molar-refractivity contribution in [2.24, 2.45) is 0 Å². The van der Waals surface area contributed by atoms with Gasteiger partial charge < -0.3 is 9.84 Å². The van der Waals surface area contributed by atoms with Gasteiger partial charge in [0.15, 0.2) is 0 Å². The Morgan fingerprint density at radius 1 is 1.54 bits per heavy atom. The van der Waals surface area contributed by atoms with Gasteiger partial charge in [-0.05, 0) is 5.56 Å². The predicted molar refractivity (Wildman–Crippen MR) is 46.6 cm³/mol. The quantitative estimate of drug-likeness (QED) is 0.753. The topological polar surface area (TPSA) is 29.5 Å². The highest BCUT2D eigenvalue weighted by Crippen LogP contribution is 2.33. The summed E-state index contributed by atoms with van der Waals surface area (Å²) in [6.45, 7) is -0.134. The maximum atomic E-state index is 12.2. The lowest BCUT2D eigenvalue weighted by Gasteiger charge is -2.10. The minimum Gasteiger partial charge on any atom is -0.493 e. The van der Waals surface area contributed by atoms with Crippen molar-refractivity contribution in [2.75, 3.05) is 13.3 Å². The summed E-state index contributed by atoms with van der Waals surface area (Å²) in [5, 5.41) is 9.34. The van der Waals surface area contributed by atoms with Crippen molar-refractivity contribution in [3.05, 3.63) is 29.3 Å². The van der Waals surface area contributed by atoms with E-state index in [0.717, 1.165) is 12.0 Å². The molecule has 0 fully saturated rings. The molecule has 1 N–H and O–H groups in total. The Kier molecular flexibility index (Phi) is 2.19. The van der Waals surface area contributed by atoms with Crippen LogP contribution in [0.1, 0.15) is 17.2 Å². The molecule has 2 rings (SSSR count). The van der Waals surface area contributed by atoms with Crippen LogP contribution in [0.5, 0.6) is 5.75 Å². The number of aliphatic hydroxyl groups is 1. The fraction of sp³-hybridized carbons (Fsp3) is 0.400. The van der Waals surface area contributed by atoms with Crippen LogP contribution < -0.4 is 4.74 Å². The number of alkyl halides is 1. The van der Waals surface area contributed by atoms with Crippen LogP contribution in [0.3, 0.4) is 0 Å². The average Bonchev–Trinajstić information content (AvgIpc) is 2.63. The normalized spacial score (nSPS) is 16.5. The molecule has 2 nitrogen and oxygen atoms in total. The van der Waals surface area contributed by atoms with E-state index in [0.29, 0.717) is 17.9 Å². The van der Waals surface area contributed by atoms with Crippen LogP contribution in [0, 0.1) is 0 Å². The number of rotatable bonds is 2. The lowest BCUT2D eigenvalue weighted by Crippen LogP contribution is -2.01. The Bertz CT molecular complexity index is 312. The Labute approximate surface area is 76.0 Å².